The molecule has 2 N–H and O–H groups in total. The van der Waals surface area contributed by atoms with E-state index in [-0.39, 0.29) is 29.5 Å². The Morgan fingerprint density at radius 1 is 1.06 bits per heavy atom. The van der Waals surface area contributed by atoms with Crippen molar-refractivity contribution in [2.75, 3.05) is 11.1 Å². The summed E-state index contributed by atoms with van der Waals surface area (Å²) in [5, 5.41) is 15.9. The van der Waals surface area contributed by atoms with E-state index in [0.29, 0.717) is 33.8 Å². The van der Waals surface area contributed by atoms with Crippen molar-refractivity contribution in [3.05, 3.63) is 70.5 Å². The molecule has 0 unspecified atom stereocenters. The minimum absolute atomic E-state index is 0.0972. The lowest BCUT2D eigenvalue weighted by molar-refractivity contribution is -0.113. The number of carbonyl (C=O) groups excluding carboxylic acids is 2. The highest BCUT2D eigenvalue weighted by molar-refractivity contribution is 7.99. The minimum Gasteiger partial charge on any atom is -0.342 e. The van der Waals surface area contributed by atoms with Crippen LogP contribution in [0.2, 0.25) is 5.02 Å². The highest BCUT2D eigenvalue weighted by Gasteiger charge is 2.26. The number of thioether (sulfide) groups is 1. The number of rotatable bonds is 9. The van der Waals surface area contributed by atoms with Gasteiger partial charge in [-0.3, -0.25) is 9.59 Å². The first-order valence-electron chi connectivity index (χ1n) is 10.8. The molecule has 1 heterocycles. The molecule has 0 bridgehead atoms. The molecule has 3 aromatic rings. The zero-order chi connectivity index (χ0) is 24.0. The zero-order valence-corrected chi connectivity index (χ0v) is 20.7. The van der Waals surface area contributed by atoms with E-state index in [0.717, 1.165) is 5.56 Å². The Kier molecular flexibility index (Phi) is 8.52. The van der Waals surface area contributed by atoms with E-state index < -0.39 is 0 Å². The van der Waals surface area contributed by atoms with Gasteiger partial charge in [0.15, 0.2) is 11.0 Å². The van der Waals surface area contributed by atoms with Crippen molar-refractivity contribution in [3.63, 3.8) is 0 Å². The fourth-order valence-electron chi connectivity index (χ4n) is 3.25. The Balaban J connectivity index is 1.70. The van der Waals surface area contributed by atoms with Gasteiger partial charge in [0.2, 0.25) is 5.91 Å². The zero-order valence-electron chi connectivity index (χ0n) is 19.1. The Morgan fingerprint density at radius 2 is 1.73 bits per heavy atom. The van der Waals surface area contributed by atoms with Gasteiger partial charge in [0.25, 0.3) is 5.91 Å². The molecule has 0 aliphatic rings. The molecule has 0 saturated carbocycles. The number of carbonyl (C=O) groups is 2. The highest BCUT2D eigenvalue weighted by Crippen LogP contribution is 2.26. The van der Waals surface area contributed by atoms with Crippen LogP contribution in [0.5, 0.6) is 0 Å². The van der Waals surface area contributed by atoms with Gasteiger partial charge in [0.05, 0.1) is 11.8 Å². The summed E-state index contributed by atoms with van der Waals surface area (Å²) >= 11 is 7.19. The summed E-state index contributed by atoms with van der Waals surface area (Å²) in [6, 6.07) is 14.1. The highest BCUT2D eigenvalue weighted by atomic mass is 35.5. The molecule has 0 aliphatic carbocycles. The number of anilines is 1. The fraction of sp³-hybridized carbons (Fsp3) is 0.333. The van der Waals surface area contributed by atoms with Crippen LogP contribution in [-0.4, -0.2) is 32.3 Å². The van der Waals surface area contributed by atoms with Crippen molar-refractivity contribution in [1.29, 1.82) is 0 Å². The van der Waals surface area contributed by atoms with E-state index in [1.165, 1.54) is 11.8 Å². The third-order valence-corrected chi connectivity index (χ3v) is 6.29. The number of nitrogens with one attached hydrogen (secondary N) is 2. The molecule has 3 rings (SSSR count). The third-order valence-electron chi connectivity index (χ3n) is 5.07. The average Bonchev–Trinajstić information content (AvgIpc) is 3.20. The topological polar surface area (TPSA) is 88.9 Å². The number of aryl methyl sites for hydroxylation is 1. The van der Waals surface area contributed by atoms with Gasteiger partial charge in [-0.25, -0.2) is 0 Å². The van der Waals surface area contributed by atoms with Gasteiger partial charge in [0, 0.05) is 22.8 Å². The molecule has 0 fully saturated rings. The van der Waals surface area contributed by atoms with Gasteiger partial charge < -0.3 is 15.2 Å². The summed E-state index contributed by atoms with van der Waals surface area (Å²) in [5.74, 6) is 0.648. The Labute approximate surface area is 203 Å². The fourth-order valence-corrected chi connectivity index (χ4v) is 4.19. The first-order chi connectivity index (χ1) is 15.8. The molecule has 7 nitrogen and oxygen atoms in total. The quantitative estimate of drug-likeness (QED) is 0.411. The maximum absolute atomic E-state index is 12.8. The Morgan fingerprint density at radius 3 is 2.33 bits per heavy atom. The van der Waals surface area contributed by atoms with Crippen LogP contribution in [0.1, 0.15) is 48.6 Å². The van der Waals surface area contributed by atoms with Crippen molar-refractivity contribution in [2.24, 2.45) is 5.92 Å². The van der Waals surface area contributed by atoms with E-state index in [2.05, 4.69) is 20.8 Å². The van der Waals surface area contributed by atoms with Gasteiger partial charge in [-0.2, -0.15) is 0 Å². The molecule has 0 spiro atoms. The standard InChI is InChI=1S/C24H28ClN5O2S/c1-5-30-22(21(15(2)3)27-23(32)17-8-6-16(4)7-9-17)28-29-24(30)33-14-20(31)26-19-12-10-18(25)11-13-19/h6-13,15,21H,5,14H2,1-4H3,(H,26,31)(H,27,32)/t21-/m0/s1. The van der Waals surface area contributed by atoms with Crippen molar-refractivity contribution in [2.45, 2.75) is 45.4 Å². The molecule has 9 heteroatoms. The van der Waals surface area contributed by atoms with Crippen LogP contribution >= 0.6 is 23.4 Å². The Hall–Kier alpha value is -2.84. The molecule has 1 atom stereocenters. The summed E-state index contributed by atoms with van der Waals surface area (Å²) in [7, 11) is 0. The summed E-state index contributed by atoms with van der Waals surface area (Å²) in [6.45, 7) is 8.65. The number of halogens is 1. The molecule has 33 heavy (non-hydrogen) atoms. The first kappa shape index (κ1) is 24.8. The Bertz CT molecular complexity index is 1100. The molecular formula is C24H28ClN5O2S. The van der Waals surface area contributed by atoms with Gasteiger partial charge >= 0.3 is 0 Å². The SMILES string of the molecule is CCn1c(SCC(=O)Nc2ccc(Cl)cc2)nnc1[C@@H](NC(=O)c1ccc(C)cc1)C(C)C. The summed E-state index contributed by atoms with van der Waals surface area (Å²) in [4.78, 5) is 25.2. The van der Waals surface area contributed by atoms with Crippen molar-refractivity contribution in [3.8, 4) is 0 Å². The lowest BCUT2D eigenvalue weighted by Crippen LogP contribution is -2.33. The monoisotopic (exact) mass is 485 g/mol. The van der Waals surface area contributed by atoms with Crippen LogP contribution in [0.3, 0.4) is 0 Å². The van der Waals surface area contributed by atoms with Crippen molar-refractivity contribution < 1.29 is 9.59 Å². The number of hydrogen-bond acceptors (Lipinski definition) is 5. The number of aromatic nitrogens is 3. The lowest BCUT2D eigenvalue weighted by Gasteiger charge is -2.22. The molecule has 2 aromatic carbocycles. The predicted molar refractivity (Wildman–Crippen MR) is 133 cm³/mol. The largest absolute Gasteiger partial charge is 0.342 e. The normalized spacial score (nSPS) is 11.9. The average molecular weight is 486 g/mol. The molecule has 0 radical (unpaired) electrons. The van der Waals surface area contributed by atoms with Gasteiger partial charge in [0.1, 0.15) is 0 Å². The van der Waals surface area contributed by atoms with Crippen LogP contribution in [0.25, 0.3) is 0 Å². The van der Waals surface area contributed by atoms with Crippen LogP contribution in [0.4, 0.5) is 5.69 Å². The second kappa shape index (κ2) is 11.3. The third kappa shape index (κ3) is 6.58. The molecule has 1 aromatic heterocycles. The van der Waals surface area contributed by atoms with Crippen LogP contribution in [0, 0.1) is 12.8 Å². The summed E-state index contributed by atoms with van der Waals surface area (Å²) in [5.41, 5.74) is 2.38. The first-order valence-corrected chi connectivity index (χ1v) is 12.1. The maximum Gasteiger partial charge on any atom is 0.251 e. The summed E-state index contributed by atoms with van der Waals surface area (Å²) in [6.07, 6.45) is 0. The smallest absolute Gasteiger partial charge is 0.251 e. The number of benzene rings is 2. The van der Waals surface area contributed by atoms with Crippen LogP contribution < -0.4 is 10.6 Å². The second-order valence-electron chi connectivity index (χ2n) is 7.99. The maximum atomic E-state index is 12.8. The van der Waals surface area contributed by atoms with Crippen molar-refractivity contribution in [1.82, 2.24) is 20.1 Å². The van der Waals surface area contributed by atoms with Crippen molar-refractivity contribution >= 4 is 40.9 Å². The van der Waals surface area contributed by atoms with E-state index in [9.17, 15) is 9.59 Å². The molecule has 0 aliphatic heterocycles. The van der Waals surface area contributed by atoms with Gasteiger partial charge in [-0.05, 0) is 56.2 Å². The summed E-state index contributed by atoms with van der Waals surface area (Å²) < 4.78 is 1.94. The van der Waals surface area contributed by atoms with E-state index in [1.54, 1.807) is 24.3 Å². The predicted octanol–water partition coefficient (Wildman–Crippen LogP) is 5.12. The van der Waals surface area contributed by atoms with Crippen LogP contribution in [-0.2, 0) is 11.3 Å². The van der Waals surface area contributed by atoms with Gasteiger partial charge in [-0.1, -0.05) is 54.9 Å². The van der Waals surface area contributed by atoms with Gasteiger partial charge in [-0.15, -0.1) is 10.2 Å². The minimum atomic E-state index is -0.316. The van der Waals surface area contributed by atoms with E-state index in [1.807, 2.05) is 56.5 Å². The van der Waals surface area contributed by atoms with Crippen LogP contribution in [0.15, 0.2) is 53.7 Å². The number of nitrogens with zero attached hydrogens (tertiary/aromatic N) is 3. The molecule has 0 saturated heterocycles. The van der Waals surface area contributed by atoms with E-state index in [4.69, 9.17) is 11.6 Å². The second-order valence-corrected chi connectivity index (χ2v) is 9.37. The molecule has 2 amide bonds. The lowest BCUT2D eigenvalue weighted by atomic mass is 10.0. The van der Waals surface area contributed by atoms with E-state index >= 15 is 0 Å². The number of hydrogen-bond donors (Lipinski definition) is 2. The molecular weight excluding hydrogens is 458 g/mol. The number of amides is 2. The molecule has 174 valence electrons.